The molecule has 1 aliphatic rings. The Bertz CT molecular complexity index is 1550. The standard InChI is InChI=1S/C28H26N4O3S/c1-4-23(19-6-10-22(33)11-7-19)31-32-25(20-8-12-26-24(14-20)30-27(34)15-35-26)16-36-28(32)29-21-9-5-17(2)18(3)13-21/h5-14,16,33H,4,15H2,1-3H3,(H,30,34). The van der Waals surface area contributed by atoms with Crippen LogP contribution in [0.4, 0.5) is 11.4 Å². The lowest BCUT2D eigenvalue weighted by Gasteiger charge is -2.18. The number of hydrogen-bond acceptors (Lipinski definition) is 6. The van der Waals surface area contributed by atoms with Crippen molar-refractivity contribution >= 4 is 34.3 Å². The van der Waals surface area contributed by atoms with Gasteiger partial charge in [-0.1, -0.05) is 13.0 Å². The van der Waals surface area contributed by atoms with Crippen molar-refractivity contribution in [2.75, 3.05) is 11.9 Å². The molecule has 0 aliphatic carbocycles. The fraction of sp³-hybridized carbons (Fsp3) is 0.179. The second kappa shape index (κ2) is 9.83. The Morgan fingerprint density at radius 1 is 1.08 bits per heavy atom. The molecule has 182 valence electrons. The first kappa shape index (κ1) is 23.6. The molecule has 1 aromatic heterocycles. The molecule has 2 N–H and O–H groups in total. The van der Waals surface area contributed by atoms with Gasteiger partial charge in [-0.05, 0) is 91.6 Å². The van der Waals surface area contributed by atoms with Gasteiger partial charge in [-0.15, -0.1) is 11.3 Å². The van der Waals surface area contributed by atoms with E-state index in [1.807, 2.05) is 53.4 Å². The molecule has 7 nitrogen and oxygen atoms in total. The average molecular weight is 499 g/mol. The predicted molar refractivity (Wildman–Crippen MR) is 143 cm³/mol. The van der Waals surface area contributed by atoms with Crippen molar-refractivity contribution in [3.05, 3.63) is 87.5 Å². The summed E-state index contributed by atoms with van der Waals surface area (Å²) in [6.45, 7) is 6.21. The summed E-state index contributed by atoms with van der Waals surface area (Å²) in [5.74, 6) is 0.672. The van der Waals surface area contributed by atoms with E-state index in [1.54, 1.807) is 12.1 Å². The second-order valence-electron chi connectivity index (χ2n) is 8.59. The number of nitrogens with one attached hydrogen (secondary N) is 1. The number of aromatic hydroxyl groups is 1. The number of carbonyl (C=O) groups is 1. The second-order valence-corrected chi connectivity index (χ2v) is 9.43. The molecule has 0 fully saturated rings. The molecule has 0 radical (unpaired) electrons. The van der Waals surface area contributed by atoms with Gasteiger partial charge in [-0.25, -0.2) is 9.67 Å². The number of carbonyl (C=O) groups excluding carboxylic acids is 1. The number of aryl methyl sites for hydroxylation is 2. The summed E-state index contributed by atoms with van der Waals surface area (Å²) in [6.07, 6.45) is 0.685. The highest BCUT2D eigenvalue weighted by molar-refractivity contribution is 7.07. The summed E-state index contributed by atoms with van der Waals surface area (Å²) in [4.78, 5) is 17.5. The quantitative estimate of drug-likeness (QED) is 0.343. The van der Waals surface area contributed by atoms with Crippen LogP contribution in [0.2, 0.25) is 0 Å². The maximum absolute atomic E-state index is 11.9. The van der Waals surface area contributed by atoms with E-state index < -0.39 is 0 Å². The Labute approximate surface area is 213 Å². The third kappa shape index (κ3) is 4.81. The van der Waals surface area contributed by atoms with Gasteiger partial charge in [0.2, 0.25) is 4.80 Å². The van der Waals surface area contributed by atoms with Crippen LogP contribution in [-0.2, 0) is 4.79 Å². The molecule has 3 aromatic carbocycles. The smallest absolute Gasteiger partial charge is 0.262 e. The van der Waals surface area contributed by atoms with Gasteiger partial charge in [0.15, 0.2) is 6.61 Å². The van der Waals surface area contributed by atoms with Gasteiger partial charge in [-0.3, -0.25) is 4.79 Å². The number of thiazole rings is 1. The molecule has 36 heavy (non-hydrogen) atoms. The van der Waals surface area contributed by atoms with Crippen LogP contribution in [0.15, 0.2) is 76.1 Å². The van der Waals surface area contributed by atoms with Crippen LogP contribution in [0.1, 0.15) is 30.0 Å². The number of ether oxygens (including phenoxy) is 1. The van der Waals surface area contributed by atoms with Gasteiger partial charge in [0.25, 0.3) is 5.91 Å². The predicted octanol–water partition coefficient (Wildman–Crippen LogP) is 5.76. The highest BCUT2D eigenvalue weighted by Crippen LogP contribution is 2.33. The summed E-state index contributed by atoms with van der Waals surface area (Å²) < 4.78 is 7.37. The topological polar surface area (TPSA) is 88.2 Å². The Hall–Kier alpha value is -4.17. The van der Waals surface area contributed by atoms with Crippen molar-refractivity contribution in [3.8, 4) is 22.8 Å². The highest BCUT2D eigenvalue weighted by atomic mass is 32.1. The summed E-state index contributed by atoms with van der Waals surface area (Å²) >= 11 is 1.49. The molecule has 0 atom stereocenters. The number of phenols is 1. The van der Waals surface area contributed by atoms with Crippen molar-refractivity contribution in [3.63, 3.8) is 0 Å². The minimum absolute atomic E-state index is 0.0145. The van der Waals surface area contributed by atoms with E-state index in [2.05, 4.69) is 31.3 Å². The first-order chi connectivity index (χ1) is 17.4. The van der Waals surface area contributed by atoms with E-state index in [0.29, 0.717) is 17.9 Å². The highest BCUT2D eigenvalue weighted by Gasteiger charge is 2.18. The van der Waals surface area contributed by atoms with Crippen molar-refractivity contribution < 1.29 is 14.6 Å². The molecular formula is C28H26N4O3S. The van der Waals surface area contributed by atoms with Crippen LogP contribution in [-0.4, -0.2) is 28.0 Å². The Morgan fingerprint density at radius 2 is 1.89 bits per heavy atom. The number of nitrogens with zero attached hydrogens (tertiary/aromatic N) is 3. The molecule has 2 heterocycles. The van der Waals surface area contributed by atoms with Crippen LogP contribution < -0.4 is 14.9 Å². The van der Waals surface area contributed by atoms with Gasteiger partial charge < -0.3 is 15.2 Å². The third-order valence-electron chi connectivity index (χ3n) is 6.06. The van der Waals surface area contributed by atoms with E-state index in [-0.39, 0.29) is 18.3 Å². The molecule has 0 unspecified atom stereocenters. The normalized spacial score (nSPS) is 13.8. The van der Waals surface area contributed by atoms with Gasteiger partial charge >= 0.3 is 0 Å². The fourth-order valence-electron chi connectivity index (χ4n) is 3.93. The van der Waals surface area contributed by atoms with Crippen LogP contribution >= 0.6 is 11.3 Å². The third-order valence-corrected chi connectivity index (χ3v) is 6.88. The number of anilines is 1. The molecule has 0 saturated carbocycles. The largest absolute Gasteiger partial charge is 0.508 e. The van der Waals surface area contributed by atoms with Crippen molar-refractivity contribution in [2.24, 2.45) is 10.1 Å². The molecule has 0 saturated heterocycles. The van der Waals surface area contributed by atoms with E-state index in [0.717, 1.165) is 33.0 Å². The number of fused-ring (bicyclic) bond motifs is 1. The number of phenolic OH excluding ortho intramolecular Hbond substituents is 1. The molecule has 1 aliphatic heterocycles. The lowest BCUT2D eigenvalue weighted by molar-refractivity contribution is -0.118. The van der Waals surface area contributed by atoms with Crippen LogP contribution in [0.5, 0.6) is 11.5 Å². The molecule has 8 heteroatoms. The molecule has 5 rings (SSSR count). The minimum atomic E-state index is -0.179. The molecule has 1 amide bonds. The van der Waals surface area contributed by atoms with E-state index in [9.17, 15) is 9.90 Å². The van der Waals surface area contributed by atoms with E-state index >= 15 is 0 Å². The zero-order valence-corrected chi connectivity index (χ0v) is 21.1. The summed E-state index contributed by atoms with van der Waals surface area (Å²) in [7, 11) is 0. The Balaban J connectivity index is 1.69. The number of rotatable bonds is 5. The molecule has 0 spiro atoms. The van der Waals surface area contributed by atoms with Gasteiger partial charge in [0.1, 0.15) is 11.5 Å². The van der Waals surface area contributed by atoms with Crippen LogP contribution in [0.25, 0.3) is 11.3 Å². The van der Waals surface area contributed by atoms with Crippen LogP contribution in [0, 0.1) is 13.8 Å². The fourth-order valence-corrected chi connectivity index (χ4v) is 4.78. The van der Waals surface area contributed by atoms with Crippen molar-refractivity contribution in [1.82, 2.24) is 4.68 Å². The number of hydrogen-bond donors (Lipinski definition) is 2. The number of amides is 1. The van der Waals surface area contributed by atoms with E-state index in [1.165, 1.54) is 22.5 Å². The number of benzene rings is 3. The lowest BCUT2D eigenvalue weighted by atomic mass is 10.1. The summed E-state index contributed by atoms with van der Waals surface area (Å²) in [5.41, 5.74) is 7.36. The van der Waals surface area contributed by atoms with Gasteiger partial charge in [0.05, 0.1) is 22.8 Å². The van der Waals surface area contributed by atoms with E-state index in [4.69, 9.17) is 14.8 Å². The average Bonchev–Trinajstić information content (AvgIpc) is 3.26. The monoisotopic (exact) mass is 498 g/mol. The maximum atomic E-state index is 11.9. The summed E-state index contributed by atoms with van der Waals surface area (Å²) in [5, 5.41) is 19.6. The van der Waals surface area contributed by atoms with Crippen molar-refractivity contribution in [1.29, 1.82) is 0 Å². The first-order valence-corrected chi connectivity index (χ1v) is 12.6. The van der Waals surface area contributed by atoms with Gasteiger partial charge in [-0.2, -0.15) is 5.10 Å². The summed E-state index contributed by atoms with van der Waals surface area (Å²) in [6, 6.07) is 18.9. The minimum Gasteiger partial charge on any atom is -0.508 e. The zero-order chi connectivity index (χ0) is 25.2. The Kier molecular flexibility index (Phi) is 6.43. The van der Waals surface area contributed by atoms with Crippen LogP contribution in [0.3, 0.4) is 0 Å². The zero-order valence-electron chi connectivity index (χ0n) is 20.3. The molecule has 4 aromatic rings. The Morgan fingerprint density at radius 3 is 2.64 bits per heavy atom. The van der Waals surface area contributed by atoms with Gasteiger partial charge in [0, 0.05) is 10.9 Å². The first-order valence-electron chi connectivity index (χ1n) is 11.7. The number of aromatic nitrogens is 1. The lowest BCUT2D eigenvalue weighted by Crippen LogP contribution is -2.25. The molecule has 0 bridgehead atoms. The van der Waals surface area contributed by atoms with Crippen molar-refractivity contribution in [2.45, 2.75) is 27.2 Å². The SMILES string of the molecule is CCC(=Nn1c(-c2ccc3c(c2)NC(=O)CO3)csc1=Nc1ccc(C)c(C)c1)c1ccc(O)cc1. The maximum Gasteiger partial charge on any atom is 0.262 e. The molecular weight excluding hydrogens is 472 g/mol.